The summed E-state index contributed by atoms with van der Waals surface area (Å²) in [5, 5.41) is 14.6. The first-order chi connectivity index (χ1) is 13.5. The summed E-state index contributed by atoms with van der Waals surface area (Å²) < 4.78 is 12.0. The average Bonchev–Trinajstić information content (AvgIpc) is 2.69. The Morgan fingerprint density at radius 3 is 2.50 bits per heavy atom. The fourth-order valence-corrected chi connectivity index (χ4v) is 2.63. The molecule has 9 heteroatoms. The minimum atomic E-state index is -0.527. The molecule has 0 aromatic heterocycles. The minimum absolute atomic E-state index is 0.0854. The number of nitro groups is 1. The van der Waals surface area contributed by atoms with Crippen LogP contribution in [0.3, 0.4) is 0 Å². The Morgan fingerprint density at radius 1 is 1.21 bits per heavy atom. The number of nitro benzene ring substituents is 1. The van der Waals surface area contributed by atoms with Gasteiger partial charge in [-0.15, -0.1) is 0 Å². The summed E-state index contributed by atoms with van der Waals surface area (Å²) in [4.78, 5) is 22.2. The van der Waals surface area contributed by atoms with Gasteiger partial charge in [-0.05, 0) is 53.5 Å². The van der Waals surface area contributed by atoms with E-state index in [0.29, 0.717) is 30.3 Å². The van der Waals surface area contributed by atoms with E-state index in [1.807, 2.05) is 13.8 Å². The smallest absolute Gasteiger partial charge is 0.271 e. The van der Waals surface area contributed by atoms with E-state index in [9.17, 15) is 14.9 Å². The van der Waals surface area contributed by atoms with Gasteiger partial charge in [-0.3, -0.25) is 14.9 Å². The molecule has 0 atom stereocenters. The zero-order valence-electron chi connectivity index (χ0n) is 15.5. The van der Waals surface area contributed by atoms with Crippen molar-refractivity contribution in [2.45, 2.75) is 20.3 Å². The van der Waals surface area contributed by atoms with Gasteiger partial charge in [0.15, 0.2) is 11.5 Å². The second kappa shape index (κ2) is 10.4. The molecule has 8 nitrogen and oxygen atoms in total. The lowest BCUT2D eigenvalue weighted by molar-refractivity contribution is -0.384. The number of carbonyl (C=O) groups is 1. The summed E-state index contributed by atoms with van der Waals surface area (Å²) in [6, 6.07) is 8.81. The van der Waals surface area contributed by atoms with Crippen LogP contribution in [-0.2, 0) is 0 Å². The number of hydrogen-bond donors (Lipinski definition) is 1. The lowest BCUT2D eigenvalue weighted by Crippen LogP contribution is -2.17. The monoisotopic (exact) mass is 449 g/mol. The van der Waals surface area contributed by atoms with Gasteiger partial charge in [-0.1, -0.05) is 6.92 Å². The Bertz CT molecular complexity index is 869. The highest BCUT2D eigenvalue weighted by molar-refractivity contribution is 9.10. The van der Waals surface area contributed by atoms with E-state index < -0.39 is 10.8 Å². The molecule has 0 radical (unpaired) electrons. The van der Waals surface area contributed by atoms with Crippen molar-refractivity contribution in [1.82, 2.24) is 5.43 Å². The van der Waals surface area contributed by atoms with Crippen LogP contribution in [-0.4, -0.2) is 30.3 Å². The quantitative estimate of drug-likeness (QED) is 0.349. The number of non-ortho nitro benzene ring substituents is 1. The molecule has 0 saturated carbocycles. The highest BCUT2D eigenvalue weighted by atomic mass is 79.9. The molecule has 2 aromatic carbocycles. The van der Waals surface area contributed by atoms with Gasteiger partial charge in [0.25, 0.3) is 11.6 Å². The molecule has 1 amide bonds. The van der Waals surface area contributed by atoms with Crippen molar-refractivity contribution in [1.29, 1.82) is 0 Å². The molecule has 0 saturated heterocycles. The van der Waals surface area contributed by atoms with E-state index in [2.05, 4.69) is 26.5 Å². The number of rotatable bonds is 9. The number of nitrogens with one attached hydrogen (secondary N) is 1. The van der Waals surface area contributed by atoms with Crippen molar-refractivity contribution >= 4 is 33.7 Å². The van der Waals surface area contributed by atoms with Gasteiger partial charge in [-0.25, -0.2) is 5.43 Å². The third kappa shape index (κ3) is 5.78. The first-order valence-electron chi connectivity index (χ1n) is 8.63. The van der Waals surface area contributed by atoms with Crippen LogP contribution in [0.2, 0.25) is 0 Å². The standard InChI is InChI=1S/C19H20BrN3O5/c1-3-9-28-18-11-16(20)14(10-17(18)27-4-2)12-21-22-19(24)13-5-7-15(8-6-13)23(25)26/h5-8,10-12H,3-4,9H2,1-2H3,(H,22,24)/b21-12+. The summed E-state index contributed by atoms with van der Waals surface area (Å²) in [6.07, 6.45) is 2.35. The summed E-state index contributed by atoms with van der Waals surface area (Å²) in [6.45, 7) is 4.96. The van der Waals surface area contributed by atoms with Crippen molar-refractivity contribution in [2.24, 2.45) is 5.10 Å². The Labute approximate surface area is 170 Å². The van der Waals surface area contributed by atoms with E-state index >= 15 is 0 Å². The van der Waals surface area contributed by atoms with Crippen molar-refractivity contribution in [2.75, 3.05) is 13.2 Å². The molecule has 0 bridgehead atoms. The molecule has 0 aliphatic carbocycles. The summed E-state index contributed by atoms with van der Waals surface area (Å²) >= 11 is 3.45. The van der Waals surface area contributed by atoms with Gasteiger partial charge in [0, 0.05) is 27.7 Å². The number of hydrogen-bond acceptors (Lipinski definition) is 6. The molecule has 2 rings (SSSR count). The van der Waals surface area contributed by atoms with Crippen LogP contribution in [0.1, 0.15) is 36.2 Å². The van der Waals surface area contributed by atoms with Crippen molar-refractivity contribution < 1.29 is 19.2 Å². The lowest BCUT2D eigenvalue weighted by atomic mass is 10.2. The van der Waals surface area contributed by atoms with Gasteiger partial charge in [0.1, 0.15) is 0 Å². The normalized spacial score (nSPS) is 10.7. The predicted molar refractivity (Wildman–Crippen MR) is 109 cm³/mol. The molecular formula is C19H20BrN3O5. The zero-order chi connectivity index (χ0) is 20.5. The number of amides is 1. The number of halogens is 1. The number of hydrazone groups is 1. The maximum absolute atomic E-state index is 12.1. The fraction of sp³-hybridized carbons (Fsp3) is 0.263. The van der Waals surface area contributed by atoms with Crippen LogP contribution in [0.5, 0.6) is 11.5 Å². The Morgan fingerprint density at radius 2 is 1.89 bits per heavy atom. The summed E-state index contributed by atoms with van der Waals surface area (Å²) in [7, 11) is 0. The van der Waals surface area contributed by atoms with E-state index in [-0.39, 0.29) is 11.3 Å². The van der Waals surface area contributed by atoms with Gasteiger partial charge < -0.3 is 9.47 Å². The van der Waals surface area contributed by atoms with Gasteiger partial charge in [0.05, 0.1) is 24.4 Å². The predicted octanol–water partition coefficient (Wildman–Crippen LogP) is 4.31. The molecule has 0 spiro atoms. The lowest BCUT2D eigenvalue weighted by Gasteiger charge is -2.13. The largest absolute Gasteiger partial charge is 0.490 e. The van der Waals surface area contributed by atoms with Crippen molar-refractivity contribution in [3.05, 3.63) is 62.1 Å². The van der Waals surface area contributed by atoms with Crippen LogP contribution in [0, 0.1) is 10.1 Å². The van der Waals surface area contributed by atoms with Crippen LogP contribution < -0.4 is 14.9 Å². The SMILES string of the molecule is CCCOc1cc(Br)c(/C=N/NC(=O)c2ccc([N+](=O)[O-])cc2)cc1OCC. The number of ether oxygens (including phenoxy) is 2. The number of benzene rings is 2. The fourth-order valence-electron chi connectivity index (χ4n) is 2.20. The van der Waals surface area contributed by atoms with Gasteiger partial charge in [0.2, 0.25) is 0 Å². The first-order valence-corrected chi connectivity index (χ1v) is 9.42. The van der Waals surface area contributed by atoms with Crippen LogP contribution >= 0.6 is 15.9 Å². The molecule has 148 valence electrons. The second-order valence-electron chi connectivity index (χ2n) is 5.61. The first kappa shape index (κ1) is 21.4. The molecule has 28 heavy (non-hydrogen) atoms. The third-order valence-corrected chi connectivity index (χ3v) is 4.22. The minimum Gasteiger partial charge on any atom is -0.490 e. The van der Waals surface area contributed by atoms with Crippen LogP contribution in [0.25, 0.3) is 0 Å². The highest BCUT2D eigenvalue weighted by Crippen LogP contribution is 2.33. The van der Waals surface area contributed by atoms with Crippen LogP contribution in [0.15, 0.2) is 46.0 Å². The maximum atomic E-state index is 12.1. The molecule has 2 aromatic rings. The van der Waals surface area contributed by atoms with Gasteiger partial charge in [-0.2, -0.15) is 5.10 Å². The van der Waals surface area contributed by atoms with Crippen molar-refractivity contribution in [3.63, 3.8) is 0 Å². The average molecular weight is 450 g/mol. The zero-order valence-corrected chi connectivity index (χ0v) is 17.1. The van der Waals surface area contributed by atoms with E-state index in [1.54, 1.807) is 12.1 Å². The summed E-state index contributed by atoms with van der Waals surface area (Å²) in [5.41, 5.74) is 3.26. The number of carbonyl (C=O) groups excluding carboxylic acids is 1. The van der Waals surface area contributed by atoms with E-state index in [4.69, 9.17) is 9.47 Å². The molecule has 0 aliphatic heterocycles. The Kier molecular flexibility index (Phi) is 7.94. The van der Waals surface area contributed by atoms with Gasteiger partial charge >= 0.3 is 0 Å². The van der Waals surface area contributed by atoms with Crippen LogP contribution in [0.4, 0.5) is 5.69 Å². The van der Waals surface area contributed by atoms with E-state index in [1.165, 1.54) is 30.5 Å². The number of nitrogens with zero attached hydrogens (tertiary/aromatic N) is 2. The van der Waals surface area contributed by atoms with E-state index in [0.717, 1.165) is 10.9 Å². The Hall–Kier alpha value is -2.94. The molecule has 0 heterocycles. The maximum Gasteiger partial charge on any atom is 0.271 e. The molecular weight excluding hydrogens is 430 g/mol. The Balaban J connectivity index is 2.10. The molecule has 0 unspecified atom stereocenters. The second-order valence-corrected chi connectivity index (χ2v) is 6.46. The third-order valence-electron chi connectivity index (χ3n) is 3.53. The van der Waals surface area contributed by atoms with Crippen molar-refractivity contribution in [3.8, 4) is 11.5 Å². The summed E-state index contributed by atoms with van der Waals surface area (Å²) in [5.74, 6) is 0.736. The topological polar surface area (TPSA) is 103 Å². The molecule has 0 aliphatic rings. The molecule has 1 N–H and O–H groups in total. The molecule has 0 fully saturated rings. The highest BCUT2D eigenvalue weighted by Gasteiger charge is 2.11.